The van der Waals surface area contributed by atoms with E-state index in [1.807, 2.05) is 0 Å². The van der Waals surface area contributed by atoms with E-state index in [4.69, 9.17) is 0 Å². The molecule has 0 aromatic heterocycles. The Labute approximate surface area is 164 Å². The number of nitrogens with zero attached hydrogens (tertiary/aromatic N) is 1. The van der Waals surface area contributed by atoms with Gasteiger partial charge in [-0.3, -0.25) is 4.79 Å². The van der Waals surface area contributed by atoms with Crippen LogP contribution in [0.4, 0.5) is 4.39 Å². The molecule has 3 nitrogen and oxygen atoms in total. The standard InChI is InChI=1S/C23H39FN2O/c1-22(2,3)5-7-26-6-4-19(20(24)15-26)14-25-21(27)23-11-16-8-17(12-23)10-18(9-16)13-23/h16-20H,4-15H2,1-3H3,(H,25,27). The van der Waals surface area contributed by atoms with Crippen LogP contribution in [0.5, 0.6) is 0 Å². The molecule has 4 heteroatoms. The third-order valence-electron chi connectivity index (χ3n) is 7.98. The van der Waals surface area contributed by atoms with Crippen molar-refractivity contribution in [2.45, 2.75) is 78.3 Å². The second kappa shape index (κ2) is 7.31. The Morgan fingerprint density at radius 3 is 2.22 bits per heavy atom. The van der Waals surface area contributed by atoms with Crippen molar-refractivity contribution in [2.75, 3.05) is 26.2 Å². The Hall–Kier alpha value is -0.640. The van der Waals surface area contributed by atoms with E-state index in [0.717, 1.165) is 62.9 Å². The smallest absolute Gasteiger partial charge is 0.226 e. The van der Waals surface area contributed by atoms with Crippen LogP contribution in [0.1, 0.15) is 72.1 Å². The van der Waals surface area contributed by atoms with Crippen molar-refractivity contribution >= 4 is 5.91 Å². The van der Waals surface area contributed by atoms with E-state index in [1.165, 1.54) is 19.3 Å². The molecule has 0 radical (unpaired) electrons. The molecule has 1 amide bonds. The monoisotopic (exact) mass is 378 g/mol. The molecule has 0 spiro atoms. The highest BCUT2D eigenvalue weighted by Crippen LogP contribution is 2.60. The van der Waals surface area contributed by atoms with E-state index in [-0.39, 0.29) is 17.2 Å². The van der Waals surface area contributed by atoms with Crippen LogP contribution >= 0.6 is 0 Å². The second-order valence-corrected chi connectivity index (χ2v) is 11.6. The van der Waals surface area contributed by atoms with Gasteiger partial charge < -0.3 is 10.2 Å². The molecular weight excluding hydrogens is 339 g/mol. The van der Waals surface area contributed by atoms with E-state index in [1.54, 1.807) is 0 Å². The zero-order valence-corrected chi connectivity index (χ0v) is 17.6. The van der Waals surface area contributed by atoms with Gasteiger partial charge in [-0.15, -0.1) is 0 Å². The summed E-state index contributed by atoms with van der Waals surface area (Å²) < 4.78 is 14.7. The molecule has 5 rings (SSSR count). The van der Waals surface area contributed by atoms with Crippen LogP contribution in [0, 0.1) is 34.5 Å². The third kappa shape index (κ3) is 4.36. The van der Waals surface area contributed by atoms with Gasteiger partial charge in [-0.2, -0.15) is 0 Å². The van der Waals surface area contributed by atoms with Gasteiger partial charge >= 0.3 is 0 Å². The van der Waals surface area contributed by atoms with Gasteiger partial charge in [-0.05, 0) is 87.6 Å². The molecule has 1 aliphatic heterocycles. The van der Waals surface area contributed by atoms with Crippen LogP contribution in [0.2, 0.25) is 0 Å². The molecule has 1 N–H and O–H groups in total. The summed E-state index contributed by atoms with van der Waals surface area (Å²) in [6, 6.07) is 0. The van der Waals surface area contributed by atoms with Crippen LogP contribution < -0.4 is 5.32 Å². The molecule has 1 heterocycles. The van der Waals surface area contributed by atoms with Crippen LogP contribution in [-0.4, -0.2) is 43.2 Å². The predicted octanol–water partition coefficient (Wildman–Crippen LogP) is 4.42. The van der Waals surface area contributed by atoms with E-state index in [9.17, 15) is 9.18 Å². The molecule has 4 aliphatic carbocycles. The number of nitrogens with one attached hydrogen (secondary N) is 1. The fourth-order valence-corrected chi connectivity index (χ4v) is 6.74. The Morgan fingerprint density at radius 2 is 1.70 bits per heavy atom. The van der Waals surface area contributed by atoms with Crippen molar-refractivity contribution in [3.05, 3.63) is 0 Å². The van der Waals surface area contributed by atoms with Crippen molar-refractivity contribution < 1.29 is 9.18 Å². The zero-order valence-electron chi connectivity index (χ0n) is 17.6. The van der Waals surface area contributed by atoms with Gasteiger partial charge in [-0.25, -0.2) is 4.39 Å². The lowest BCUT2D eigenvalue weighted by Gasteiger charge is -2.55. The number of rotatable bonds is 5. The number of alkyl halides is 1. The van der Waals surface area contributed by atoms with E-state index in [2.05, 4.69) is 31.0 Å². The maximum atomic E-state index is 14.7. The largest absolute Gasteiger partial charge is 0.355 e. The lowest BCUT2D eigenvalue weighted by Crippen LogP contribution is -2.55. The van der Waals surface area contributed by atoms with Crippen molar-refractivity contribution in [2.24, 2.45) is 34.5 Å². The van der Waals surface area contributed by atoms with Crippen LogP contribution in [0.3, 0.4) is 0 Å². The summed E-state index contributed by atoms with van der Waals surface area (Å²) in [7, 11) is 0. The van der Waals surface area contributed by atoms with Crippen LogP contribution in [0.15, 0.2) is 0 Å². The summed E-state index contributed by atoms with van der Waals surface area (Å²) in [6.07, 6.45) is 8.50. The highest BCUT2D eigenvalue weighted by atomic mass is 19.1. The minimum absolute atomic E-state index is 0.00579. The Morgan fingerprint density at radius 1 is 1.11 bits per heavy atom. The predicted molar refractivity (Wildman–Crippen MR) is 107 cm³/mol. The highest BCUT2D eigenvalue weighted by Gasteiger charge is 2.54. The average molecular weight is 379 g/mol. The first kappa shape index (κ1) is 19.7. The Balaban J connectivity index is 1.25. The number of carbonyl (C=O) groups is 1. The second-order valence-electron chi connectivity index (χ2n) is 11.6. The fraction of sp³-hybridized carbons (Fsp3) is 0.957. The van der Waals surface area contributed by atoms with Crippen LogP contribution in [0.25, 0.3) is 0 Å². The molecule has 4 bridgehead atoms. The minimum atomic E-state index is -0.810. The lowest BCUT2D eigenvalue weighted by atomic mass is 9.49. The zero-order chi connectivity index (χ0) is 19.2. The quantitative estimate of drug-likeness (QED) is 0.768. The molecule has 0 aromatic rings. The summed E-state index contributed by atoms with van der Waals surface area (Å²) in [5.41, 5.74) is 0.197. The Kier molecular flexibility index (Phi) is 5.33. The van der Waals surface area contributed by atoms with Gasteiger partial charge in [0.15, 0.2) is 0 Å². The van der Waals surface area contributed by atoms with E-state index < -0.39 is 6.17 Å². The maximum Gasteiger partial charge on any atom is 0.226 e. The van der Waals surface area contributed by atoms with Crippen molar-refractivity contribution in [3.63, 3.8) is 0 Å². The molecule has 154 valence electrons. The fourth-order valence-electron chi connectivity index (χ4n) is 6.74. The lowest BCUT2D eigenvalue weighted by molar-refractivity contribution is -0.146. The van der Waals surface area contributed by atoms with Crippen molar-refractivity contribution in [3.8, 4) is 0 Å². The number of hydrogen-bond acceptors (Lipinski definition) is 2. The first-order chi connectivity index (χ1) is 12.7. The molecule has 1 saturated heterocycles. The van der Waals surface area contributed by atoms with Gasteiger partial charge in [0.2, 0.25) is 5.91 Å². The molecule has 5 fully saturated rings. The molecule has 5 aliphatic rings. The van der Waals surface area contributed by atoms with Crippen molar-refractivity contribution in [1.29, 1.82) is 0 Å². The summed E-state index contributed by atoms with van der Waals surface area (Å²) in [6.45, 7) is 9.75. The summed E-state index contributed by atoms with van der Waals surface area (Å²) in [4.78, 5) is 15.4. The first-order valence-electron chi connectivity index (χ1n) is 11.4. The Bertz CT molecular complexity index is 520. The van der Waals surface area contributed by atoms with Crippen LogP contribution in [-0.2, 0) is 4.79 Å². The van der Waals surface area contributed by atoms with Gasteiger partial charge in [0.05, 0.1) is 0 Å². The van der Waals surface area contributed by atoms with Gasteiger partial charge in [0.1, 0.15) is 6.17 Å². The molecule has 0 aromatic carbocycles. The normalized spacial score (nSPS) is 41.7. The molecule has 27 heavy (non-hydrogen) atoms. The number of halogens is 1. The number of carbonyl (C=O) groups excluding carboxylic acids is 1. The van der Waals surface area contributed by atoms with Gasteiger partial charge in [0.25, 0.3) is 0 Å². The topological polar surface area (TPSA) is 32.3 Å². The van der Waals surface area contributed by atoms with E-state index in [0.29, 0.717) is 18.5 Å². The highest BCUT2D eigenvalue weighted by molar-refractivity contribution is 5.83. The summed E-state index contributed by atoms with van der Waals surface area (Å²) in [5.74, 6) is 2.59. The molecule has 2 atom stereocenters. The summed E-state index contributed by atoms with van der Waals surface area (Å²) >= 11 is 0. The van der Waals surface area contributed by atoms with E-state index >= 15 is 0 Å². The van der Waals surface area contributed by atoms with Gasteiger partial charge in [0, 0.05) is 24.4 Å². The average Bonchev–Trinajstić information content (AvgIpc) is 2.57. The molecule has 2 unspecified atom stereocenters. The molecule has 4 saturated carbocycles. The SMILES string of the molecule is CC(C)(C)CCN1CCC(CNC(=O)C23CC4CC(CC(C4)C2)C3)C(F)C1. The summed E-state index contributed by atoms with van der Waals surface area (Å²) in [5, 5.41) is 3.21. The number of hydrogen-bond donors (Lipinski definition) is 1. The number of piperidine rings is 1. The first-order valence-corrected chi connectivity index (χ1v) is 11.4. The minimum Gasteiger partial charge on any atom is -0.355 e. The number of amides is 1. The van der Waals surface area contributed by atoms with Crippen molar-refractivity contribution in [1.82, 2.24) is 10.2 Å². The third-order valence-corrected chi connectivity index (χ3v) is 7.98. The number of likely N-dealkylation sites (tertiary alicyclic amines) is 1. The maximum absolute atomic E-state index is 14.7. The molecular formula is C23H39FN2O. The van der Waals surface area contributed by atoms with Gasteiger partial charge in [-0.1, -0.05) is 20.8 Å².